The van der Waals surface area contributed by atoms with Gasteiger partial charge in [-0.2, -0.15) is 0 Å². The molecule has 2 nitrogen and oxygen atoms in total. The minimum Gasteiger partial charge on any atom is -0.323 e. The maximum atomic E-state index is 6.24. The zero-order chi connectivity index (χ0) is 14.7. The number of benzene rings is 2. The van der Waals surface area contributed by atoms with Crippen molar-refractivity contribution in [3.8, 4) is 5.69 Å². The van der Waals surface area contributed by atoms with Crippen LogP contribution in [0.2, 0.25) is 5.02 Å². The summed E-state index contributed by atoms with van der Waals surface area (Å²) in [5.41, 5.74) is 2.23. The number of imidazole rings is 1. The fraction of sp³-hybridized carbons (Fsp3) is 0.118. The predicted octanol–water partition coefficient (Wildman–Crippen LogP) is 4.90. The van der Waals surface area contributed by atoms with Crippen LogP contribution in [0.5, 0.6) is 0 Å². The summed E-state index contributed by atoms with van der Waals surface area (Å²) in [6.45, 7) is 0.861. The van der Waals surface area contributed by atoms with Crippen molar-refractivity contribution in [2.24, 2.45) is 0 Å². The highest BCUT2D eigenvalue weighted by atomic mass is 35.5. The van der Waals surface area contributed by atoms with Crippen LogP contribution in [0.25, 0.3) is 5.69 Å². The summed E-state index contributed by atoms with van der Waals surface area (Å²) in [4.78, 5) is 0. The number of halogens is 1. The molecule has 3 aromatic rings. The largest absolute Gasteiger partial charge is 0.323 e. The van der Waals surface area contributed by atoms with Gasteiger partial charge in [0.05, 0.1) is 10.7 Å². The summed E-state index contributed by atoms with van der Waals surface area (Å²) in [7, 11) is 0. The second kappa shape index (κ2) is 6.29. The van der Waals surface area contributed by atoms with Gasteiger partial charge in [-0.3, -0.25) is 4.57 Å². The predicted molar refractivity (Wildman–Crippen MR) is 89.7 cm³/mol. The van der Waals surface area contributed by atoms with Crippen LogP contribution in [0, 0.1) is 4.77 Å². The fourth-order valence-corrected chi connectivity index (χ4v) is 2.85. The summed E-state index contributed by atoms with van der Waals surface area (Å²) < 4.78 is 4.79. The molecule has 4 heteroatoms. The Labute approximate surface area is 134 Å². The lowest BCUT2D eigenvalue weighted by atomic mass is 10.1. The van der Waals surface area contributed by atoms with Gasteiger partial charge in [-0.15, -0.1) is 0 Å². The van der Waals surface area contributed by atoms with Gasteiger partial charge in [0.15, 0.2) is 4.77 Å². The van der Waals surface area contributed by atoms with Crippen LogP contribution in [-0.2, 0) is 13.0 Å². The zero-order valence-electron chi connectivity index (χ0n) is 11.4. The number of hydrogen-bond acceptors (Lipinski definition) is 1. The first kappa shape index (κ1) is 14.1. The molecule has 0 saturated carbocycles. The molecular weight excluding hydrogens is 300 g/mol. The quantitative estimate of drug-likeness (QED) is 0.622. The smallest absolute Gasteiger partial charge is 0.184 e. The van der Waals surface area contributed by atoms with Crippen molar-refractivity contribution in [2.45, 2.75) is 13.0 Å². The molecule has 0 spiro atoms. The lowest BCUT2D eigenvalue weighted by Crippen LogP contribution is -2.02. The molecule has 0 atom stereocenters. The molecule has 1 heterocycles. The number of aromatic nitrogens is 2. The monoisotopic (exact) mass is 314 g/mol. The second-order valence-corrected chi connectivity index (χ2v) is 5.60. The van der Waals surface area contributed by atoms with Crippen LogP contribution in [0.3, 0.4) is 0 Å². The molecule has 0 aliphatic rings. The van der Waals surface area contributed by atoms with E-state index in [1.165, 1.54) is 5.56 Å². The molecule has 3 rings (SSSR count). The van der Waals surface area contributed by atoms with Gasteiger partial charge in [0.25, 0.3) is 0 Å². The van der Waals surface area contributed by atoms with Crippen LogP contribution in [0.15, 0.2) is 67.0 Å². The number of nitrogens with zero attached hydrogens (tertiary/aromatic N) is 2. The lowest BCUT2D eigenvalue weighted by Gasteiger charge is -2.06. The summed E-state index contributed by atoms with van der Waals surface area (Å²) in [5, 5.41) is 0.703. The molecule has 1 aromatic heterocycles. The highest BCUT2D eigenvalue weighted by Gasteiger charge is 2.05. The minimum absolute atomic E-state index is 0.703. The molecular formula is C17H15ClN2S. The molecule has 2 aromatic carbocycles. The third kappa shape index (κ3) is 3.09. The van der Waals surface area contributed by atoms with Crippen molar-refractivity contribution in [1.82, 2.24) is 9.13 Å². The average molecular weight is 315 g/mol. The first-order chi connectivity index (χ1) is 10.3. The SMILES string of the molecule is S=c1n(CCc2ccccc2)ccn1-c1ccccc1Cl. The molecule has 0 amide bonds. The molecule has 0 bridgehead atoms. The van der Waals surface area contributed by atoms with E-state index in [0.29, 0.717) is 5.02 Å². The molecule has 21 heavy (non-hydrogen) atoms. The van der Waals surface area contributed by atoms with Gasteiger partial charge < -0.3 is 4.57 Å². The van der Waals surface area contributed by atoms with E-state index in [1.807, 2.05) is 47.3 Å². The van der Waals surface area contributed by atoms with Gasteiger partial charge in [0.1, 0.15) is 0 Å². The summed E-state index contributed by atoms with van der Waals surface area (Å²) in [6, 6.07) is 18.1. The highest BCUT2D eigenvalue weighted by Crippen LogP contribution is 2.20. The summed E-state index contributed by atoms with van der Waals surface area (Å²) >= 11 is 11.8. The molecule has 0 aliphatic heterocycles. The Morgan fingerprint density at radius 1 is 0.905 bits per heavy atom. The molecule has 0 N–H and O–H groups in total. The molecule has 0 radical (unpaired) electrons. The number of rotatable bonds is 4. The van der Waals surface area contributed by atoms with E-state index in [0.717, 1.165) is 23.4 Å². The molecule has 0 saturated heterocycles. The van der Waals surface area contributed by atoms with Crippen LogP contribution >= 0.6 is 23.8 Å². The van der Waals surface area contributed by atoms with E-state index < -0.39 is 0 Å². The Morgan fingerprint density at radius 3 is 2.38 bits per heavy atom. The van der Waals surface area contributed by atoms with Crippen LogP contribution in [0.1, 0.15) is 5.56 Å². The van der Waals surface area contributed by atoms with Gasteiger partial charge in [-0.05, 0) is 36.3 Å². The molecule has 106 valence electrons. The first-order valence-electron chi connectivity index (χ1n) is 6.82. The maximum absolute atomic E-state index is 6.24. The number of para-hydroxylation sites is 1. The van der Waals surface area contributed by atoms with Crippen molar-refractivity contribution in [2.75, 3.05) is 0 Å². The van der Waals surface area contributed by atoms with Crippen LogP contribution in [-0.4, -0.2) is 9.13 Å². The van der Waals surface area contributed by atoms with E-state index in [-0.39, 0.29) is 0 Å². The Bertz CT molecular complexity index is 790. The van der Waals surface area contributed by atoms with Crippen LogP contribution < -0.4 is 0 Å². The molecule has 0 unspecified atom stereocenters. The van der Waals surface area contributed by atoms with Gasteiger partial charge in [0, 0.05) is 18.9 Å². The van der Waals surface area contributed by atoms with E-state index in [2.05, 4.69) is 28.8 Å². The lowest BCUT2D eigenvalue weighted by molar-refractivity contribution is 0.679. The third-order valence-electron chi connectivity index (χ3n) is 3.44. The van der Waals surface area contributed by atoms with Gasteiger partial charge >= 0.3 is 0 Å². The average Bonchev–Trinajstić information content (AvgIpc) is 2.88. The highest BCUT2D eigenvalue weighted by molar-refractivity contribution is 7.71. The summed E-state index contributed by atoms with van der Waals surface area (Å²) in [5.74, 6) is 0. The van der Waals surface area contributed by atoms with E-state index in [9.17, 15) is 0 Å². The molecule has 0 fully saturated rings. The molecule has 0 aliphatic carbocycles. The minimum atomic E-state index is 0.703. The standard InChI is InChI=1S/C17H15ClN2S/c18-15-8-4-5-9-16(15)20-13-12-19(17(20)21)11-10-14-6-2-1-3-7-14/h1-9,12-13H,10-11H2. The van der Waals surface area contributed by atoms with E-state index in [4.69, 9.17) is 23.8 Å². The van der Waals surface area contributed by atoms with Gasteiger partial charge in [-0.1, -0.05) is 54.1 Å². The number of hydrogen-bond donors (Lipinski definition) is 0. The van der Waals surface area contributed by atoms with Gasteiger partial charge in [0.2, 0.25) is 0 Å². The van der Waals surface area contributed by atoms with Gasteiger partial charge in [-0.25, -0.2) is 0 Å². The summed E-state index contributed by atoms with van der Waals surface area (Å²) in [6.07, 6.45) is 4.94. The van der Waals surface area contributed by atoms with Crippen molar-refractivity contribution in [3.05, 3.63) is 82.3 Å². The van der Waals surface area contributed by atoms with Crippen molar-refractivity contribution < 1.29 is 0 Å². The number of aryl methyl sites for hydroxylation is 2. The van der Waals surface area contributed by atoms with Crippen LogP contribution in [0.4, 0.5) is 0 Å². The second-order valence-electron chi connectivity index (χ2n) is 4.83. The van der Waals surface area contributed by atoms with E-state index in [1.54, 1.807) is 0 Å². The third-order valence-corrected chi connectivity index (χ3v) is 4.19. The normalized spacial score (nSPS) is 10.7. The Morgan fingerprint density at radius 2 is 1.62 bits per heavy atom. The Balaban J connectivity index is 1.83. The van der Waals surface area contributed by atoms with Crippen molar-refractivity contribution in [3.63, 3.8) is 0 Å². The van der Waals surface area contributed by atoms with Crippen molar-refractivity contribution in [1.29, 1.82) is 0 Å². The first-order valence-corrected chi connectivity index (χ1v) is 7.61. The van der Waals surface area contributed by atoms with Crippen molar-refractivity contribution >= 4 is 23.8 Å². The fourth-order valence-electron chi connectivity index (χ4n) is 2.31. The van der Waals surface area contributed by atoms with E-state index >= 15 is 0 Å². The maximum Gasteiger partial charge on any atom is 0.184 e. The topological polar surface area (TPSA) is 9.86 Å². The Hall–Kier alpha value is -1.84. The zero-order valence-corrected chi connectivity index (χ0v) is 13.0. The Kier molecular flexibility index (Phi) is 4.23.